The van der Waals surface area contributed by atoms with Crippen molar-refractivity contribution in [3.05, 3.63) is 76.5 Å². The van der Waals surface area contributed by atoms with Gasteiger partial charge in [0.15, 0.2) is 0 Å². The third kappa shape index (κ3) is 2.94. The summed E-state index contributed by atoms with van der Waals surface area (Å²) in [5, 5.41) is 9.94. The second kappa shape index (κ2) is 6.37. The first-order chi connectivity index (χ1) is 12.2. The number of fused-ring (bicyclic) bond motifs is 1. The van der Waals surface area contributed by atoms with Gasteiger partial charge in [-0.15, -0.1) is 0 Å². The van der Waals surface area contributed by atoms with Gasteiger partial charge in [0, 0.05) is 10.6 Å². The molecule has 1 aromatic heterocycles. The Hall–Kier alpha value is -2.59. The molecule has 0 N–H and O–H groups in total. The minimum Gasteiger partial charge on any atom is -0.498 e. The van der Waals surface area contributed by atoms with Crippen molar-refractivity contribution in [2.24, 2.45) is 0 Å². The molecule has 1 unspecified atom stereocenters. The van der Waals surface area contributed by atoms with Gasteiger partial charge in [0.25, 0.3) is 0 Å². The maximum atomic E-state index is 6.08. The van der Waals surface area contributed by atoms with Gasteiger partial charge in [-0.25, -0.2) is 0 Å². The Morgan fingerprint density at radius 1 is 1.08 bits per heavy atom. The lowest BCUT2D eigenvalue weighted by Crippen LogP contribution is -2.20. The van der Waals surface area contributed by atoms with Gasteiger partial charge in [-0.1, -0.05) is 53.6 Å². The number of methoxy groups -OCH3 is 1. The average Bonchev–Trinajstić information content (AvgIpc) is 3.04. The summed E-state index contributed by atoms with van der Waals surface area (Å²) in [4.78, 5) is 1.75. The van der Waals surface area contributed by atoms with Crippen LogP contribution >= 0.6 is 11.6 Å². The summed E-state index contributed by atoms with van der Waals surface area (Å²) >= 11 is 6.08. The van der Waals surface area contributed by atoms with E-state index in [1.165, 1.54) is 5.57 Å². The van der Waals surface area contributed by atoms with Crippen LogP contribution in [0.4, 0.5) is 0 Å². The zero-order valence-electron chi connectivity index (χ0n) is 14.1. The topological polar surface area (TPSA) is 39.9 Å². The minimum absolute atomic E-state index is 0.0728. The summed E-state index contributed by atoms with van der Waals surface area (Å²) < 4.78 is 5.80. The van der Waals surface area contributed by atoms with Crippen molar-refractivity contribution >= 4 is 28.2 Å². The molecule has 4 rings (SSSR count). The monoisotopic (exact) mass is 351 g/mol. The Kier molecular flexibility index (Phi) is 4.06. The fourth-order valence-corrected chi connectivity index (χ4v) is 3.44. The van der Waals surface area contributed by atoms with Gasteiger partial charge in [-0.2, -0.15) is 15.0 Å². The van der Waals surface area contributed by atoms with Crippen molar-refractivity contribution in [1.82, 2.24) is 15.0 Å². The molecule has 0 saturated carbocycles. The molecule has 0 radical (unpaired) electrons. The minimum atomic E-state index is -0.0728. The van der Waals surface area contributed by atoms with E-state index in [9.17, 15) is 0 Å². The fraction of sp³-hybridized carbons (Fsp3) is 0.200. The van der Waals surface area contributed by atoms with E-state index < -0.39 is 0 Å². The number of nitrogens with zero attached hydrogens (tertiary/aromatic N) is 3. The number of allylic oxidation sites excluding steroid dienone is 4. The number of hydrogen-bond donors (Lipinski definition) is 0. The zero-order valence-corrected chi connectivity index (χ0v) is 14.9. The molecule has 1 atom stereocenters. The van der Waals surface area contributed by atoms with Gasteiger partial charge in [-0.05, 0) is 37.1 Å². The molecule has 0 saturated heterocycles. The molecule has 1 heterocycles. The molecule has 0 amide bonds. The Balaban J connectivity index is 1.85. The van der Waals surface area contributed by atoms with Crippen LogP contribution in [0, 0.1) is 0 Å². The standard InChI is InChI=1S/C20H18ClN3O/c1-13-10-16(14-6-4-3-5-7-14)20(25-2)19(11-13)24-22-17-9-8-15(21)12-18(17)23-24/h3-10,12,19H,11H2,1-2H3. The van der Waals surface area contributed by atoms with Gasteiger partial charge in [0.1, 0.15) is 22.8 Å². The largest absolute Gasteiger partial charge is 0.498 e. The van der Waals surface area contributed by atoms with Crippen LogP contribution in [0.15, 0.2) is 65.9 Å². The highest BCUT2D eigenvalue weighted by Gasteiger charge is 2.28. The molecule has 126 valence electrons. The molecule has 2 aromatic carbocycles. The number of halogens is 1. The second-order valence-electron chi connectivity index (χ2n) is 6.21. The van der Waals surface area contributed by atoms with E-state index in [4.69, 9.17) is 16.3 Å². The highest BCUT2D eigenvalue weighted by molar-refractivity contribution is 6.31. The van der Waals surface area contributed by atoms with E-state index in [0.29, 0.717) is 5.02 Å². The Morgan fingerprint density at radius 2 is 1.84 bits per heavy atom. The van der Waals surface area contributed by atoms with Gasteiger partial charge < -0.3 is 4.74 Å². The van der Waals surface area contributed by atoms with Crippen LogP contribution < -0.4 is 0 Å². The van der Waals surface area contributed by atoms with Crippen LogP contribution in [0.1, 0.15) is 24.9 Å². The Bertz CT molecular complexity index is 989. The van der Waals surface area contributed by atoms with Crippen molar-refractivity contribution in [1.29, 1.82) is 0 Å². The molecular weight excluding hydrogens is 334 g/mol. The third-order valence-corrected chi connectivity index (χ3v) is 4.65. The Labute approximate surface area is 151 Å². The molecule has 4 nitrogen and oxygen atoms in total. The molecule has 25 heavy (non-hydrogen) atoms. The SMILES string of the molecule is COC1=C(c2ccccc2)C=C(C)CC1n1nc2ccc(Cl)cc2n1. The highest BCUT2D eigenvalue weighted by Crippen LogP contribution is 2.37. The van der Waals surface area contributed by atoms with Crippen LogP contribution in [0.2, 0.25) is 5.02 Å². The van der Waals surface area contributed by atoms with Gasteiger partial charge in [0.05, 0.1) is 7.11 Å². The zero-order chi connectivity index (χ0) is 17.4. The molecular formula is C20H18ClN3O. The van der Waals surface area contributed by atoms with E-state index >= 15 is 0 Å². The quantitative estimate of drug-likeness (QED) is 0.664. The van der Waals surface area contributed by atoms with E-state index in [-0.39, 0.29) is 6.04 Å². The molecule has 0 bridgehead atoms. The first-order valence-corrected chi connectivity index (χ1v) is 8.56. The maximum Gasteiger partial charge on any atom is 0.133 e. The Morgan fingerprint density at radius 3 is 2.60 bits per heavy atom. The summed E-state index contributed by atoms with van der Waals surface area (Å²) in [5.74, 6) is 0.878. The van der Waals surface area contributed by atoms with Crippen molar-refractivity contribution in [2.45, 2.75) is 19.4 Å². The molecule has 0 fully saturated rings. The molecule has 1 aliphatic carbocycles. The molecule has 0 aliphatic heterocycles. The van der Waals surface area contributed by atoms with Crippen LogP contribution in [0.3, 0.4) is 0 Å². The summed E-state index contributed by atoms with van der Waals surface area (Å²) in [6.07, 6.45) is 3.00. The molecule has 1 aliphatic rings. The van der Waals surface area contributed by atoms with E-state index in [0.717, 1.165) is 34.3 Å². The number of ether oxygens (including phenoxy) is 1. The molecule has 0 spiro atoms. The van der Waals surface area contributed by atoms with E-state index in [1.54, 1.807) is 11.9 Å². The van der Waals surface area contributed by atoms with E-state index in [2.05, 4.69) is 35.3 Å². The summed E-state index contributed by atoms with van der Waals surface area (Å²) in [6, 6.07) is 15.7. The number of hydrogen-bond acceptors (Lipinski definition) is 3. The van der Waals surface area contributed by atoms with Crippen molar-refractivity contribution in [3.63, 3.8) is 0 Å². The fourth-order valence-electron chi connectivity index (χ4n) is 3.27. The lowest BCUT2D eigenvalue weighted by atomic mass is 9.91. The third-order valence-electron chi connectivity index (χ3n) is 4.42. The van der Waals surface area contributed by atoms with Gasteiger partial charge in [0.2, 0.25) is 0 Å². The van der Waals surface area contributed by atoms with Crippen LogP contribution in [-0.2, 0) is 4.74 Å². The van der Waals surface area contributed by atoms with Gasteiger partial charge in [-0.3, -0.25) is 0 Å². The number of benzene rings is 2. The van der Waals surface area contributed by atoms with Crippen molar-refractivity contribution in [2.75, 3.05) is 7.11 Å². The van der Waals surface area contributed by atoms with Crippen LogP contribution in [0.25, 0.3) is 16.6 Å². The van der Waals surface area contributed by atoms with Crippen molar-refractivity contribution in [3.8, 4) is 0 Å². The average molecular weight is 352 g/mol. The van der Waals surface area contributed by atoms with Crippen LogP contribution in [-0.4, -0.2) is 22.1 Å². The molecule has 5 heteroatoms. The highest BCUT2D eigenvalue weighted by atomic mass is 35.5. The lowest BCUT2D eigenvalue weighted by Gasteiger charge is -2.26. The normalized spacial score (nSPS) is 17.7. The van der Waals surface area contributed by atoms with Gasteiger partial charge >= 0.3 is 0 Å². The number of aromatic nitrogens is 3. The predicted octanol–water partition coefficient (Wildman–Crippen LogP) is 5.03. The summed E-state index contributed by atoms with van der Waals surface area (Å²) in [6.45, 7) is 2.13. The number of rotatable bonds is 3. The first-order valence-electron chi connectivity index (χ1n) is 8.18. The smallest absolute Gasteiger partial charge is 0.133 e. The second-order valence-corrected chi connectivity index (χ2v) is 6.65. The summed E-state index contributed by atoms with van der Waals surface area (Å²) in [7, 11) is 1.71. The first kappa shape index (κ1) is 15.9. The predicted molar refractivity (Wildman–Crippen MR) is 100 cm³/mol. The van der Waals surface area contributed by atoms with Crippen molar-refractivity contribution < 1.29 is 4.74 Å². The van der Waals surface area contributed by atoms with E-state index in [1.807, 2.05) is 36.4 Å². The molecule has 3 aromatic rings. The summed E-state index contributed by atoms with van der Waals surface area (Å²) in [5.41, 5.74) is 5.09. The van der Waals surface area contributed by atoms with Crippen LogP contribution in [0.5, 0.6) is 0 Å². The lowest BCUT2D eigenvalue weighted by molar-refractivity contribution is 0.226. The maximum absolute atomic E-state index is 6.08.